The van der Waals surface area contributed by atoms with Gasteiger partial charge < -0.3 is 15.4 Å². The first kappa shape index (κ1) is 18.7. The van der Waals surface area contributed by atoms with Crippen molar-refractivity contribution in [2.75, 3.05) is 10.6 Å². The molecule has 8 heteroatoms. The number of nitrogens with zero attached hydrogens (tertiary/aromatic N) is 2. The van der Waals surface area contributed by atoms with Crippen LogP contribution in [0, 0.1) is 19.7 Å². The summed E-state index contributed by atoms with van der Waals surface area (Å²) in [7, 11) is 0. The summed E-state index contributed by atoms with van der Waals surface area (Å²) in [6.45, 7) is 5.18. The highest BCUT2D eigenvalue weighted by Crippen LogP contribution is 2.32. The summed E-state index contributed by atoms with van der Waals surface area (Å²) in [6, 6.07) is 10.9. The highest BCUT2D eigenvalue weighted by Gasteiger charge is 2.24. The molecule has 0 radical (unpaired) electrons. The number of nitrogens with one attached hydrogen (secondary N) is 2. The molecule has 1 aromatic heterocycles. The molecule has 0 bridgehead atoms. The van der Waals surface area contributed by atoms with E-state index in [1.165, 1.54) is 12.1 Å². The minimum Gasteiger partial charge on any atom is -0.479 e. The van der Waals surface area contributed by atoms with Gasteiger partial charge in [-0.1, -0.05) is 0 Å². The van der Waals surface area contributed by atoms with Gasteiger partial charge in [-0.25, -0.2) is 9.07 Å². The molecule has 3 aromatic rings. The van der Waals surface area contributed by atoms with Gasteiger partial charge in [0.2, 0.25) is 0 Å². The smallest absolute Gasteiger partial charge is 0.265 e. The Morgan fingerprint density at radius 2 is 1.93 bits per heavy atom. The third kappa shape index (κ3) is 3.44. The van der Waals surface area contributed by atoms with Crippen molar-refractivity contribution in [2.24, 2.45) is 0 Å². The molecule has 7 nitrogen and oxygen atoms in total. The van der Waals surface area contributed by atoms with Gasteiger partial charge >= 0.3 is 0 Å². The second-order valence-corrected chi connectivity index (χ2v) is 6.85. The van der Waals surface area contributed by atoms with Gasteiger partial charge in [-0.15, -0.1) is 0 Å². The quantitative estimate of drug-likeness (QED) is 0.711. The molecule has 2 aromatic carbocycles. The first-order valence-electron chi connectivity index (χ1n) is 9.08. The van der Waals surface area contributed by atoms with Gasteiger partial charge in [0.25, 0.3) is 11.8 Å². The first-order valence-corrected chi connectivity index (χ1v) is 9.08. The number of benzene rings is 2. The third-order valence-electron chi connectivity index (χ3n) is 4.76. The van der Waals surface area contributed by atoms with Crippen molar-refractivity contribution in [2.45, 2.75) is 26.9 Å². The summed E-state index contributed by atoms with van der Waals surface area (Å²) in [6.07, 6.45) is -0.564. The molecule has 1 atom stereocenters. The van der Waals surface area contributed by atoms with Crippen LogP contribution in [0.15, 0.2) is 42.5 Å². The minimum absolute atomic E-state index is 0.242. The van der Waals surface area contributed by atoms with Gasteiger partial charge in [0.05, 0.1) is 28.3 Å². The zero-order valence-corrected chi connectivity index (χ0v) is 16.1. The number of aromatic nitrogens is 2. The van der Waals surface area contributed by atoms with Gasteiger partial charge in [-0.2, -0.15) is 5.10 Å². The molecule has 2 amide bonds. The molecule has 0 saturated heterocycles. The molecular formula is C21H19FN4O3. The van der Waals surface area contributed by atoms with E-state index in [-0.39, 0.29) is 17.6 Å². The molecule has 2 N–H and O–H groups in total. The van der Waals surface area contributed by atoms with Crippen LogP contribution in [0.3, 0.4) is 0 Å². The van der Waals surface area contributed by atoms with Gasteiger partial charge in [-0.3, -0.25) is 9.59 Å². The van der Waals surface area contributed by atoms with E-state index in [9.17, 15) is 14.0 Å². The lowest BCUT2D eigenvalue weighted by atomic mass is 10.1. The van der Waals surface area contributed by atoms with Crippen molar-refractivity contribution in [1.82, 2.24) is 9.78 Å². The van der Waals surface area contributed by atoms with Crippen molar-refractivity contribution in [3.8, 4) is 11.4 Å². The van der Waals surface area contributed by atoms with Crippen LogP contribution in [0.2, 0.25) is 0 Å². The Balaban J connectivity index is 1.60. The minimum atomic E-state index is -0.564. The maximum Gasteiger partial charge on any atom is 0.265 e. The fraction of sp³-hybridized carbons (Fsp3) is 0.190. The van der Waals surface area contributed by atoms with Gasteiger partial charge in [-0.05, 0) is 63.2 Å². The average Bonchev–Trinajstić information content (AvgIpc) is 2.98. The number of hydrogen-bond acceptors (Lipinski definition) is 4. The fourth-order valence-electron chi connectivity index (χ4n) is 3.29. The van der Waals surface area contributed by atoms with E-state index >= 15 is 0 Å². The average molecular weight is 394 g/mol. The van der Waals surface area contributed by atoms with Crippen LogP contribution in [0.5, 0.6) is 5.75 Å². The summed E-state index contributed by atoms with van der Waals surface area (Å²) < 4.78 is 20.3. The zero-order chi connectivity index (χ0) is 20.7. The summed E-state index contributed by atoms with van der Waals surface area (Å²) >= 11 is 0. The summed E-state index contributed by atoms with van der Waals surface area (Å²) in [5.41, 5.74) is 3.29. The van der Waals surface area contributed by atoms with Crippen molar-refractivity contribution in [1.29, 1.82) is 0 Å². The Bertz CT molecular complexity index is 1120. The number of fused-ring (bicyclic) bond motifs is 1. The molecule has 0 fully saturated rings. The molecule has 0 spiro atoms. The molecule has 2 heterocycles. The van der Waals surface area contributed by atoms with Crippen LogP contribution in [0.1, 0.15) is 28.7 Å². The molecule has 0 aliphatic carbocycles. The molecular weight excluding hydrogens is 375 g/mol. The van der Waals surface area contributed by atoms with E-state index < -0.39 is 6.10 Å². The Hall–Kier alpha value is -3.68. The van der Waals surface area contributed by atoms with E-state index in [4.69, 9.17) is 4.74 Å². The zero-order valence-electron chi connectivity index (χ0n) is 16.1. The van der Waals surface area contributed by atoms with Crippen molar-refractivity contribution in [3.63, 3.8) is 0 Å². The second kappa shape index (κ2) is 7.05. The number of carbonyl (C=O) groups excluding carboxylic acids is 2. The lowest BCUT2D eigenvalue weighted by Crippen LogP contribution is -2.34. The largest absolute Gasteiger partial charge is 0.479 e. The molecule has 148 valence electrons. The monoisotopic (exact) mass is 394 g/mol. The maximum absolute atomic E-state index is 13.2. The Labute approximate surface area is 166 Å². The highest BCUT2D eigenvalue weighted by atomic mass is 19.1. The van der Waals surface area contributed by atoms with Gasteiger partial charge in [0, 0.05) is 5.69 Å². The van der Waals surface area contributed by atoms with Crippen molar-refractivity contribution in [3.05, 3.63) is 65.2 Å². The molecule has 4 rings (SSSR count). The van der Waals surface area contributed by atoms with Crippen LogP contribution in [0.4, 0.5) is 15.8 Å². The fourth-order valence-corrected chi connectivity index (χ4v) is 3.29. The van der Waals surface area contributed by atoms with Gasteiger partial charge in [0.15, 0.2) is 6.10 Å². The molecule has 0 saturated carbocycles. The van der Waals surface area contributed by atoms with E-state index in [2.05, 4.69) is 15.7 Å². The van der Waals surface area contributed by atoms with E-state index in [1.807, 2.05) is 0 Å². The predicted octanol–water partition coefficient (Wildman–Crippen LogP) is 3.60. The summed E-state index contributed by atoms with van der Waals surface area (Å²) in [5, 5.41) is 10.0. The Morgan fingerprint density at radius 3 is 2.66 bits per heavy atom. The van der Waals surface area contributed by atoms with Crippen LogP contribution in [-0.4, -0.2) is 27.7 Å². The lowest BCUT2D eigenvalue weighted by molar-refractivity contribution is -0.122. The summed E-state index contributed by atoms with van der Waals surface area (Å²) in [5.74, 6) is -0.365. The number of ether oxygens (including phenoxy) is 1. The molecule has 0 unspecified atom stereocenters. The maximum atomic E-state index is 13.2. The standard InChI is InChI=1S/C21H19FN4O3/c1-11-19(12(2)26(25-11)16-7-4-14(22)5-8-16)21(28)23-15-6-9-18-17(10-15)24-20(27)13(3)29-18/h4-10,13H,1-3H3,(H,23,28)(H,24,27)/t13-/m1/s1. The summed E-state index contributed by atoms with van der Waals surface area (Å²) in [4.78, 5) is 24.7. The Morgan fingerprint density at radius 1 is 1.21 bits per heavy atom. The Kier molecular flexibility index (Phi) is 4.54. The van der Waals surface area contributed by atoms with Crippen molar-refractivity contribution < 1.29 is 18.7 Å². The molecule has 1 aliphatic heterocycles. The number of rotatable bonds is 3. The van der Waals surface area contributed by atoms with E-state index in [0.29, 0.717) is 39.8 Å². The van der Waals surface area contributed by atoms with Crippen molar-refractivity contribution >= 4 is 23.2 Å². The van der Waals surface area contributed by atoms with Crippen LogP contribution < -0.4 is 15.4 Å². The van der Waals surface area contributed by atoms with Gasteiger partial charge in [0.1, 0.15) is 11.6 Å². The third-order valence-corrected chi connectivity index (χ3v) is 4.76. The first-order chi connectivity index (χ1) is 13.8. The number of hydrogen-bond donors (Lipinski definition) is 2. The number of carbonyl (C=O) groups is 2. The number of aryl methyl sites for hydroxylation is 1. The second-order valence-electron chi connectivity index (χ2n) is 6.85. The number of halogens is 1. The SMILES string of the molecule is Cc1nn(-c2ccc(F)cc2)c(C)c1C(=O)Nc1ccc2c(c1)NC(=O)[C@@H](C)O2. The molecule has 1 aliphatic rings. The van der Waals surface area contributed by atoms with Crippen LogP contribution in [-0.2, 0) is 4.79 Å². The van der Waals surface area contributed by atoms with Crippen LogP contribution >= 0.6 is 0 Å². The number of anilines is 2. The normalized spacial score (nSPS) is 15.3. The predicted molar refractivity (Wildman–Crippen MR) is 106 cm³/mol. The lowest BCUT2D eigenvalue weighted by Gasteiger charge is -2.23. The number of amides is 2. The van der Waals surface area contributed by atoms with Crippen LogP contribution in [0.25, 0.3) is 5.69 Å². The highest BCUT2D eigenvalue weighted by molar-refractivity contribution is 6.06. The molecule has 29 heavy (non-hydrogen) atoms. The topological polar surface area (TPSA) is 85.3 Å². The van der Waals surface area contributed by atoms with E-state index in [0.717, 1.165) is 0 Å². The van der Waals surface area contributed by atoms with E-state index in [1.54, 1.807) is 55.8 Å².